The van der Waals surface area contributed by atoms with Gasteiger partial charge in [0.15, 0.2) is 0 Å². The molecule has 0 saturated carbocycles. The summed E-state index contributed by atoms with van der Waals surface area (Å²) in [6.07, 6.45) is -18.1. The predicted octanol–water partition coefficient (Wildman–Crippen LogP) is 18.4. The van der Waals surface area contributed by atoms with Crippen LogP contribution >= 0.6 is 17.0 Å². The van der Waals surface area contributed by atoms with Crippen molar-refractivity contribution in [2.24, 2.45) is 0 Å². The second-order valence-electron chi connectivity index (χ2n) is 17.1. The molecule has 0 N–H and O–H groups in total. The second kappa shape index (κ2) is 21.3. The van der Waals surface area contributed by atoms with Crippen LogP contribution in [0.2, 0.25) is 13.1 Å². The predicted molar refractivity (Wildman–Crippen MR) is 235 cm³/mol. The first-order chi connectivity index (χ1) is 29.3. The van der Waals surface area contributed by atoms with E-state index in [9.17, 15) is 52.7 Å². The van der Waals surface area contributed by atoms with E-state index in [1.807, 2.05) is 91.8 Å². The standard InChI is InChI=1S/2C23H21F6.C2H6Si.2ClH.Zr/c2*1-5-13-8-14-6-7-19(21(2,3)4)20(18(14)9-13)15-10-16(22(24,25)26)12-17(11-15)23(27,28)29;1-3-2;;;/h2*6-12H,5H2,1-4H3;1-2H3;2*1H;/q2*-1;;;;+4/p-2. The van der Waals surface area contributed by atoms with Crippen LogP contribution in [0.4, 0.5) is 52.7 Å². The first kappa shape index (κ1) is 55.3. The molecule has 0 nitrogen and oxygen atoms in total. The third-order valence-corrected chi connectivity index (χ3v) is 10.1. The first-order valence-electron chi connectivity index (χ1n) is 19.9. The number of hydrogen-bond acceptors (Lipinski definition) is 0. The van der Waals surface area contributed by atoms with Crippen molar-refractivity contribution in [3.8, 4) is 22.3 Å². The van der Waals surface area contributed by atoms with Crippen LogP contribution in [-0.2, 0) is 69.2 Å². The summed E-state index contributed by atoms with van der Waals surface area (Å²) >= 11 is -0.826. The van der Waals surface area contributed by atoms with Gasteiger partial charge in [-0.2, -0.15) is 64.8 Å². The topological polar surface area (TPSA) is 0 Å². The Morgan fingerprint density at radius 2 is 0.719 bits per heavy atom. The Labute approximate surface area is 387 Å². The summed E-state index contributed by atoms with van der Waals surface area (Å²) in [5, 5.41) is 2.94. The van der Waals surface area contributed by atoms with Crippen LogP contribution in [0.3, 0.4) is 0 Å². The molecule has 0 spiro atoms. The Kier molecular flexibility index (Phi) is 18.4. The molecular weight excluding hydrogens is 995 g/mol. The van der Waals surface area contributed by atoms with E-state index in [1.54, 1.807) is 12.1 Å². The third-order valence-electron chi connectivity index (χ3n) is 10.1. The fourth-order valence-corrected chi connectivity index (χ4v) is 7.17. The van der Waals surface area contributed by atoms with Gasteiger partial charge in [0.25, 0.3) is 0 Å². The summed E-state index contributed by atoms with van der Waals surface area (Å²) < 4.78 is 161. The van der Waals surface area contributed by atoms with E-state index >= 15 is 0 Å². The van der Waals surface area contributed by atoms with E-state index < -0.39 is 78.6 Å². The second-order valence-corrected chi connectivity index (χ2v) is 21.8. The molecule has 0 atom stereocenters. The Hall–Kier alpha value is -3.06. The number of fused-ring (bicyclic) bond motifs is 2. The maximum atomic E-state index is 13.4. The van der Waals surface area contributed by atoms with Crippen LogP contribution in [-0.4, -0.2) is 9.52 Å². The molecule has 0 aliphatic rings. The molecule has 6 aromatic rings. The van der Waals surface area contributed by atoms with Crippen molar-refractivity contribution in [1.82, 2.24) is 0 Å². The number of aryl methyl sites for hydroxylation is 2. The molecule has 0 aliphatic heterocycles. The Bertz CT molecular complexity index is 2250. The number of benzene rings is 4. The third kappa shape index (κ3) is 14.0. The van der Waals surface area contributed by atoms with Crippen molar-refractivity contribution < 1.29 is 73.5 Å². The van der Waals surface area contributed by atoms with E-state index in [4.69, 9.17) is 17.0 Å². The van der Waals surface area contributed by atoms with Crippen molar-refractivity contribution >= 4 is 48.1 Å². The number of halogens is 14. The average Bonchev–Trinajstić information content (AvgIpc) is 3.80. The fraction of sp³-hybridized carbons (Fsp3) is 0.375. The molecule has 0 aromatic heterocycles. The van der Waals surface area contributed by atoms with Crippen molar-refractivity contribution in [3.63, 3.8) is 0 Å². The molecule has 16 heteroatoms. The van der Waals surface area contributed by atoms with Gasteiger partial charge in [-0.1, -0.05) is 90.7 Å². The Balaban J connectivity index is 0.000000303. The zero-order valence-electron chi connectivity index (χ0n) is 36.8. The molecule has 0 fully saturated rings. The quantitative estimate of drug-likeness (QED) is 0.0938. The van der Waals surface area contributed by atoms with Gasteiger partial charge in [0.1, 0.15) is 0 Å². The summed E-state index contributed by atoms with van der Waals surface area (Å²) in [6, 6.07) is 18.5. The van der Waals surface area contributed by atoms with Gasteiger partial charge in [-0.15, -0.1) is 69.1 Å². The summed E-state index contributed by atoms with van der Waals surface area (Å²) in [7, 11) is 11.0. The number of alkyl halides is 12. The molecule has 0 bridgehead atoms. The van der Waals surface area contributed by atoms with Crippen molar-refractivity contribution in [2.45, 2.75) is 117 Å². The molecule has 6 aromatic carbocycles. The zero-order chi connectivity index (χ0) is 49.0. The van der Waals surface area contributed by atoms with Crippen molar-refractivity contribution in [3.05, 3.63) is 129 Å². The van der Waals surface area contributed by atoms with Crippen LogP contribution < -0.4 is 0 Å². The maximum absolute atomic E-state index is 13.4. The zero-order valence-corrected chi connectivity index (χ0v) is 41.8. The van der Waals surface area contributed by atoms with E-state index in [0.717, 1.165) is 68.5 Å². The van der Waals surface area contributed by atoms with Gasteiger partial charge in [-0.05, 0) is 71.2 Å². The molecule has 2 radical (unpaired) electrons. The van der Waals surface area contributed by atoms with Gasteiger partial charge in [-0.3, -0.25) is 0 Å². The van der Waals surface area contributed by atoms with E-state index in [0.29, 0.717) is 33.0 Å². The molecule has 0 heterocycles. The first-order valence-corrected chi connectivity index (χ1v) is 28.2. The van der Waals surface area contributed by atoms with Gasteiger partial charge in [-0.25, -0.2) is 0 Å². The Morgan fingerprint density at radius 3 is 0.922 bits per heavy atom. The van der Waals surface area contributed by atoms with E-state index in [1.165, 1.54) is 0 Å². The molecule has 6 rings (SSSR count). The molecule has 346 valence electrons. The van der Waals surface area contributed by atoms with Crippen LogP contribution in [0.1, 0.15) is 99.9 Å². The molecule has 0 aliphatic carbocycles. The summed E-state index contributed by atoms with van der Waals surface area (Å²) in [4.78, 5) is 0. The van der Waals surface area contributed by atoms with Gasteiger partial charge in [0.05, 0.1) is 22.3 Å². The van der Waals surface area contributed by atoms with Gasteiger partial charge in [0.2, 0.25) is 0 Å². The molecule has 0 amide bonds. The monoisotopic (exact) mass is 1040 g/mol. The van der Waals surface area contributed by atoms with Gasteiger partial charge in [0, 0.05) is 9.52 Å². The number of rotatable bonds is 4. The van der Waals surface area contributed by atoms with Gasteiger partial charge < -0.3 is 0 Å². The Morgan fingerprint density at radius 1 is 0.469 bits per heavy atom. The summed E-state index contributed by atoms with van der Waals surface area (Å²) in [6.45, 7) is 19.5. The molecule has 0 unspecified atom stereocenters. The molecular formula is C48H48Cl2F12SiZr. The molecule has 0 saturated heterocycles. The SMILES string of the molecule is CCc1cc2c(-c3cc(C(F)(F)F)cc(C(F)(F)F)c3)c(C(C)(C)C)ccc2[cH-]1.CCc1cc2c(-c3cc(C(F)(F)F)cc(C(F)(F)F)c3)c(C(C)(C)C)ccc2[cH-]1.C[Si]C.[Cl][Zr+2][Cl]. The van der Waals surface area contributed by atoms with Crippen LogP contribution in [0.5, 0.6) is 0 Å². The fourth-order valence-electron chi connectivity index (χ4n) is 7.17. The minimum atomic E-state index is -4.88. The van der Waals surface area contributed by atoms with Crippen molar-refractivity contribution in [2.75, 3.05) is 0 Å². The summed E-state index contributed by atoms with van der Waals surface area (Å²) in [5.41, 5.74) is -2.10. The van der Waals surface area contributed by atoms with Crippen LogP contribution in [0.25, 0.3) is 43.8 Å². The summed E-state index contributed by atoms with van der Waals surface area (Å²) in [5.74, 6) is 0. The molecule has 64 heavy (non-hydrogen) atoms. The van der Waals surface area contributed by atoms with Crippen molar-refractivity contribution in [1.29, 1.82) is 0 Å². The number of hydrogen-bond donors (Lipinski definition) is 0. The average molecular weight is 1040 g/mol. The van der Waals surface area contributed by atoms with E-state index in [2.05, 4.69) is 13.1 Å². The van der Waals surface area contributed by atoms with E-state index in [-0.39, 0.29) is 23.3 Å². The van der Waals surface area contributed by atoms with Crippen LogP contribution in [0.15, 0.2) is 84.9 Å². The van der Waals surface area contributed by atoms with Crippen LogP contribution in [0, 0.1) is 0 Å². The normalized spacial score (nSPS) is 12.5. The minimum absolute atomic E-state index is 0.0732. The van der Waals surface area contributed by atoms with Gasteiger partial charge >= 0.3 is 62.6 Å².